The molecule has 4 rings (SSSR count). The van der Waals surface area contributed by atoms with Crippen molar-refractivity contribution in [1.29, 1.82) is 0 Å². The van der Waals surface area contributed by atoms with Crippen LogP contribution in [-0.4, -0.2) is 28.6 Å². The Morgan fingerprint density at radius 3 is 2.38 bits per heavy atom. The summed E-state index contributed by atoms with van der Waals surface area (Å²) in [7, 11) is 0. The number of hydrogen-bond donors (Lipinski definition) is 0. The number of amides is 1. The largest absolute Gasteiger partial charge is 0.446 e. The number of rotatable bonds is 5. The Kier molecular flexibility index (Phi) is 8.08. The molecule has 1 fully saturated rings. The van der Waals surface area contributed by atoms with Crippen LogP contribution >= 0.6 is 0 Å². The van der Waals surface area contributed by atoms with E-state index in [2.05, 4.69) is 11.6 Å². The number of carbonyl (C=O) groups excluding carboxylic acids is 1. The van der Waals surface area contributed by atoms with Crippen LogP contribution in [0.15, 0.2) is 85.7 Å². The SMILES string of the molecule is C=CC[C@@H]1CCN([C@@H](C)c2ccc(-c3cncc(F)c3)cc2)C(=O)O1.Fc1ccccc1. The molecule has 0 bridgehead atoms. The first-order valence-corrected chi connectivity index (χ1v) is 10.5. The van der Waals surface area contributed by atoms with Crippen molar-refractivity contribution in [1.82, 2.24) is 9.88 Å². The number of carbonyl (C=O) groups is 1. The van der Waals surface area contributed by atoms with E-state index in [-0.39, 0.29) is 29.9 Å². The van der Waals surface area contributed by atoms with Crippen LogP contribution in [0.3, 0.4) is 0 Å². The zero-order valence-electron chi connectivity index (χ0n) is 18.0. The third-order valence-corrected chi connectivity index (χ3v) is 5.26. The Hall–Kier alpha value is -3.54. The van der Waals surface area contributed by atoms with Gasteiger partial charge in [0.15, 0.2) is 0 Å². The van der Waals surface area contributed by atoms with Gasteiger partial charge in [0.1, 0.15) is 17.7 Å². The van der Waals surface area contributed by atoms with Gasteiger partial charge >= 0.3 is 6.09 Å². The Bertz CT molecular complexity index is 1030. The van der Waals surface area contributed by atoms with E-state index in [0.717, 1.165) is 23.1 Å². The highest BCUT2D eigenvalue weighted by atomic mass is 19.1. The highest BCUT2D eigenvalue weighted by molar-refractivity contribution is 5.69. The lowest BCUT2D eigenvalue weighted by Gasteiger charge is -2.35. The van der Waals surface area contributed by atoms with E-state index >= 15 is 0 Å². The number of cyclic esters (lactones) is 1. The summed E-state index contributed by atoms with van der Waals surface area (Å²) in [4.78, 5) is 17.8. The van der Waals surface area contributed by atoms with Gasteiger partial charge in [0.05, 0.1) is 12.2 Å². The second kappa shape index (κ2) is 11.2. The maximum atomic E-state index is 13.3. The van der Waals surface area contributed by atoms with Crippen molar-refractivity contribution < 1.29 is 18.3 Å². The third kappa shape index (κ3) is 6.23. The molecule has 0 unspecified atom stereocenters. The molecule has 1 saturated heterocycles. The molecule has 166 valence electrons. The monoisotopic (exact) mass is 436 g/mol. The quantitative estimate of drug-likeness (QED) is 0.425. The number of halogens is 2. The lowest BCUT2D eigenvalue weighted by Crippen LogP contribution is -2.43. The van der Waals surface area contributed by atoms with E-state index in [9.17, 15) is 13.6 Å². The van der Waals surface area contributed by atoms with Crippen LogP contribution in [0.5, 0.6) is 0 Å². The number of pyridine rings is 1. The van der Waals surface area contributed by atoms with E-state index < -0.39 is 0 Å². The predicted octanol–water partition coefficient (Wildman–Crippen LogP) is 6.56. The molecule has 0 saturated carbocycles. The van der Waals surface area contributed by atoms with Gasteiger partial charge in [0.25, 0.3) is 0 Å². The van der Waals surface area contributed by atoms with E-state index in [4.69, 9.17) is 4.74 Å². The maximum Gasteiger partial charge on any atom is 0.410 e. The van der Waals surface area contributed by atoms with Crippen molar-refractivity contribution in [2.24, 2.45) is 0 Å². The second-order valence-corrected chi connectivity index (χ2v) is 7.50. The first kappa shape index (κ1) is 23.1. The molecule has 0 N–H and O–H groups in total. The zero-order chi connectivity index (χ0) is 22.9. The smallest absolute Gasteiger partial charge is 0.410 e. The lowest BCUT2D eigenvalue weighted by atomic mass is 10.0. The molecule has 0 radical (unpaired) electrons. The van der Waals surface area contributed by atoms with Gasteiger partial charge in [-0.05, 0) is 36.2 Å². The van der Waals surface area contributed by atoms with Gasteiger partial charge in [-0.15, -0.1) is 6.58 Å². The van der Waals surface area contributed by atoms with Crippen molar-refractivity contribution in [3.8, 4) is 11.1 Å². The summed E-state index contributed by atoms with van der Waals surface area (Å²) in [6, 6.07) is 17.0. The Morgan fingerprint density at radius 2 is 1.81 bits per heavy atom. The molecule has 1 aliphatic heterocycles. The van der Waals surface area contributed by atoms with Crippen LogP contribution in [-0.2, 0) is 4.74 Å². The number of ether oxygens (including phenoxy) is 1. The average molecular weight is 437 g/mol. The maximum absolute atomic E-state index is 13.3. The molecule has 1 amide bonds. The van der Waals surface area contributed by atoms with E-state index in [1.54, 1.807) is 35.4 Å². The van der Waals surface area contributed by atoms with Gasteiger partial charge in [-0.2, -0.15) is 0 Å². The van der Waals surface area contributed by atoms with Gasteiger partial charge in [-0.3, -0.25) is 4.98 Å². The summed E-state index contributed by atoms with van der Waals surface area (Å²) < 4.78 is 30.7. The standard InChI is InChI=1S/C20H21FN2O2.C6H5F/c1-3-4-19-9-10-23(20(24)25-19)14(2)15-5-7-16(8-6-15)17-11-18(21)13-22-12-17;7-6-4-2-1-3-5-6/h3,5-8,11-14,19H,1,4,9-10H2,2H3;1-5H/t14-,19+;/m0./s1. The minimum Gasteiger partial charge on any atom is -0.446 e. The zero-order valence-corrected chi connectivity index (χ0v) is 18.0. The third-order valence-electron chi connectivity index (χ3n) is 5.26. The fourth-order valence-electron chi connectivity index (χ4n) is 3.47. The summed E-state index contributed by atoms with van der Waals surface area (Å²) in [6.45, 7) is 6.33. The van der Waals surface area contributed by atoms with Gasteiger partial charge in [0.2, 0.25) is 0 Å². The first-order chi connectivity index (χ1) is 15.5. The molecule has 0 spiro atoms. The first-order valence-electron chi connectivity index (χ1n) is 10.5. The topological polar surface area (TPSA) is 42.4 Å². The van der Waals surface area contributed by atoms with Crippen LogP contribution < -0.4 is 0 Å². The Balaban J connectivity index is 0.000000352. The Labute approximate surface area is 187 Å². The van der Waals surface area contributed by atoms with E-state index in [1.165, 1.54) is 24.4 Å². The molecular weight excluding hydrogens is 410 g/mol. The van der Waals surface area contributed by atoms with Gasteiger partial charge < -0.3 is 9.64 Å². The van der Waals surface area contributed by atoms with Gasteiger partial charge in [-0.1, -0.05) is 48.5 Å². The molecule has 2 aromatic carbocycles. The van der Waals surface area contributed by atoms with Gasteiger partial charge in [0, 0.05) is 31.1 Å². The van der Waals surface area contributed by atoms with Crippen LogP contribution in [0, 0.1) is 11.6 Å². The molecule has 0 aliphatic carbocycles. The molecule has 4 nitrogen and oxygen atoms in total. The van der Waals surface area contributed by atoms with Crippen LogP contribution in [0.2, 0.25) is 0 Å². The summed E-state index contributed by atoms with van der Waals surface area (Å²) in [5, 5.41) is 0. The fourth-order valence-corrected chi connectivity index (χ4v) is 3.47. The lowest BCUT2D eigenvalue weighted by molar-refractivity contribution is 0.0146. The van der Waals surface area contributed by atoms with Crippen LogP contribution in [0.1, 0.15) is 31.4 Å². The van der Waals surface area contributed by atoms with Crippen molar-refractivity contribution >= 4 is 6.09 Å². The average Bonchev–Trinajstić information content (AvgIpc) is 2.80. The number of hydrogen-bond acceptors (Lipinski definition) is 3. The summed E-state index contributed by atoms with van der Waals surface area (Å²) in [5.74, 6) is -0.539. The number of benzene rings is 2. The van der Waals surface area contributed by atoms with Crippen molar-refractivity contribution in [2.75, 3.05) is 6.54 Å². The highest BCUT2D eigenvalue weighted by Gasteiger charge is 2.30. The molecule has 32 heavy (non-hydrogen) atoms. The van der Waals surface area contributed by atoms with Crippen molar-refractivity contribution in [3.05, 3.63) is 103 Å². The summed E-state index contributed by atoms with van der Waals surface area (Å²) in [5.41, 5.74) is 2.62. The molecule has 1 aliphatic rings. The van der Waals surface area contributed by atoms with Gasteiger partial charge in [-0.25, -0.2) is 13.6 Å². The summed E-state index contributed by atoms with van der Waals surface area (Å²) >= 11 is 0. The molecular formula is C26H26F2N2O2. The number of nitrogens with zero attached hydrogens (tertiary/aromatic N) is 2. The van der Waals surface area contributed by atoms with Crippen molar-refractivity contribution in [2.45, 2.75) is 31.9 Å². The fraction of sp³-hybridized carbons (Fsp3) is 0.231. The van der Waals surface area contributed by atoms with Crippen LogP contribution in [0.4, 0.5) is 13.6 Å². The highest BCUT2D eigenvalue weighted by Crippen LogP contribution is 2.28. The number of aromatic nitrogens is 1. The normalized spacial score (nSPS) is 16.4. The van der Waals surface area contributed by atoms with E-state index in [0.29, 0.717) is 13.0 Å². The predicted molar refractivity (Wildman–Crippen MR) is 121 cm³/mol. The molecule has 6 heteroatoms. The van der Waals surface area contributed by atoms with Crippen molar-refractivity contribution in [3.63, 3.8) is 0 Å². The second-order valence-electron chi connectivity index (χ2n) is 7.50. The van der Waals surface area contributed by atoms with Crippen LogP contribution in [0.25, 0.3) is 11.1 Å². The summed E-state index contributed by atoms with van der Waals surface area (Å²) in [6.07, 6.45) is 5.71. The molecule has 3 aromatic rings. The Morgan fingerprint density at radius 1 is 1.09 bits per heavy atom. The van der Waals surface area contributed by atoms with E-state index in [1.807, 2.05) is 31.2 Å². The molecule has 2 heterocycles. The molecule has 1 aromatic heterocycles. The minimum atomic E-state index is -0.361. The molecule has 2 atom stereocenters. The minimum absolute atomic E-state index is 0.0729.